The maximum atomic E-state index is 15.0. The molecule has 0 bridgehead atoms. The van der Waals surface area contributed by atoms with Crippen LogP contribution in [0, 0.1) is 35.3 Å². The molecule has 0 radical (unpaired) electrons. The first-order valence-electron chi connectivity index (χ1n) is 25.6. The van der Waals surface area contributed by atoms with Gasteiger partial charge in [-0.3, -0.25) is 24.0 Å². The number of benzene rings is 1. The lowest BCUT2D eigenvalue weighted by Crippen LogP contribution is -2.67. The molecule has 4 aromatic rings. The third kappa shape index (κ3) is 12.1. The maximum Gasteiger partial charge on any atom is 0.343 e. The number of pyridine rings is 2. The smallest absolute Gasteiger partial charge is 0.343 e. The fourth-order valence-electron chi connectivity index (χ4n) is 10.3. The Hall–Kier alpha value is -6.70. The summed E-state index contributed by atoms with van der Waals surface area (Å²) in [5.41, 5.74) is 0.108. The van der Waals surface area contributed by atoms with Crippen LogP contribution in [0.5, 0.6) is 0 Å². The summed E-state index contributed by atoms with van der Waals surface area (Å²) in [6.07, 6.45) is 10.4. The largest absolute Gasteiger partial charge is 0.458 e. The van der Waals surface area contributed by atoms with Crippen LogP contribution < -0.4 is 26.8 Å². The van der Waals surface area contributed by atoms with Gasteiger partial charge >= 0.3 is 5.97 Å². The highest BCUT2D eigenvalue weighted by Gasteiger charge is 2.47. The Morgan fingerprint density at radius 3 is 2.55 bits per heavy atom. The summed E-state index contributed by atoms with van der Waals surface area (Å²) >= 11 is 4.97. The van der Waals surface area contributed by atoms with Gasteiger partial charge in [0.05, 0.1) is 47.7 Å². The maximum absolute atomic E-state index is 15.0. The average molecular weight is 1050 g/mol. The van der Waals surface area contributed by atoms with Crippen LogP contribution in [-0.2, 0) is 52.2 Å². The molecule has 75 heavy (non-hydrogen) atoms. The molecule has 21 heteroatoms. The van der Waals surface area contributed by atoms with Crippen molar-refractivity contribution in [1.82, 2.24) is 50.6 Å². The minimum atomic E-state index is -2.01. The van der Waals surface area contributed by atoms with E-state index in [0.29, 0.717) is 94.1 Å². The number of aromatic amines is 1. The summed E-state index contributed by atoms with van der Waals surface area (Å²) in [4.78, 5) is 97.6. The second kappa shape index (κ2) is 23.5. The number of piperidine rings is 2. The third-order valence-corrected chi connectivity index (χ3v) is 15.0. The van der Waals surface area contributed by atoms with E-state index in [-0.39, 0.29) is 68.8 Å². The number of esters is 1. The summed E-state index contributed by atoms with van der Waals surface area (Å²) in [5, 5.41) is 23.3. The van der Waals surface area contributed by atoms with Crippen LogP contribution in [0.4, 0.5) is 4.39 Å². The molecule has 0 spiro atoms. The van der Waals surface area contributed by atoms with Crippen molar-refractivity contribution < 1.29 is 42.9 Å². The number of cyclic esters (lactones) is 1. The number of hydrogen-bond donors (Lipinski definition) is 6. The van der Waals surface area contributed by atoms with Gasteiger partial charge in [-0.15, -0.1) is 0 Å². The van der Waals surface area contributed by atoms with Gasteiger partial charge in [0, 0.05) is 66.9 Å². The fraction of sp³-hybridized carbons (Fsp3) is 0.500. The van der Waals surface area contributed by atoms with Gasteiger partial charge < -0.3 is 55.2 Å². The van der Waals surface area contributed by atoms with Gasteiger partial charge in [0.1, 0.15) is 30.7 Å². The van der Waals surface area contributed by atoms with Crippen LogP contribution in [0.2, 0.25) is 0 Å². The predicted molar refractivity (Wildman–Crippen MR) is 279 cm³/mol. The summed E-state index contributed by atoms with van der Waals surface area (Å²) < 4.78 is 27.8. The van der Waals surface area contributed by atoms with Crippen molar-refractivity contribution in [2.75, 3.05) is 53.1 Å². The highest BCUT2D eigenvalue weighted by atomic mass is 32.1. The van der Waals surface area contributed by atoms with Gasteiger partial charge in [0.15, 0.2) is 10.4 Å². The molecule has 3 aromatic heterocycles. The lowest BCUT2D eigenvalue weighted by Gasteiger charge is -2.45. The average Bonchev–Trinajstić information content (AvgIpc) is 3.76. The van der Waals surface area contributed by atoms with E-state index in [9.17, 15) is 38.3 Å². The van der Waals surface area contributed by atoms with E-state index in [1.807, 2.05) is 13.8 Å². The summed E-state index contributed by atoms with van der Waals surface area (Å²) in [6, 6.07) is 4.05. The topological polar surface area (TPSA) is 242 Å². The van der Waals surface area contributed by atoms with E-state index in [4.69, 9.17) is 26.7 Å². The number of unbranched alkanes of at least 4 members (excludes halogenated alkanes) is 1. The Balaban J connectivity index is 0.886. The number of hydrogen-bond acceptors (Lipinski definition) is 14. The number of carbonyl (C=O) groups excluding carboxylic acids is 5. The molecular formula is C54H65FN10O9S. The fourth-order valence-corrected chi connectivity index (χ4v) is 10.4. The summed E-state index contributed by atoms with van der Waals surface area (Å²) in [6.45, 7) is 9.26. The van der Waals surface area contributed by atoms with Gasteiger partial charge in [0.2, 0.25) is 23.6 Å². The van der Waals surface area contributed by atoms with Crippen LogP contribution in [0.3, 0.4) is 0 Å². The second-order valence-corrected chi connectivity index (χ2v) is 20.6. The van der Waals surface area contributed by atoms with Crippen molar-refractivity contribution in [2.45, 2.75) is 115 Å². The van der Waals surface area contributed by atoms with Crippen LogP contribution in [0.1, 0.15) is 106 Å². The molecule has 19 nitrogen and oxygen atoms in total. The highest BCUT2D eigenvalue weighted by Crippen LogP contribution is 2.41. The number of aryl methyl sites for hydroxylation is 1. The quantitative estimate of drug-likeness (QED) is 0.0257. The molecule has 0 saturated carbocycles. The lowest BCUT2D eigenvalue weighted by atomic mass is 9.84. The Bertz CT molecular complexity index is 3070. The van der Waals surface area contributed by atoms with Crippen LogP contribution in [-0.4, -0.2) is 135 Å². The van der Waals surface area contributed by atoms with Crippen LogP contribution in [0.15, 0.2) is 41.5 Å². The number of aliphatic hydroxyl groups is 1. The first-order chi connectivity index (χ1) is 35.9. The first-order valence-corrected chi connectivity index (χ1v) is 26.0. The molecule has 1 aromatic carbocycles. The van der Waals surface area contributed by atoms with E-state index in [1.165, 1.54) is 10.6 Å². The van der Waals surface area contributed by atoms with E-state index in [2.05, 4.69) is 59.9 Å². The molecule has 4 aliphatic heterocycles. The molecule has 0 unspecified atom stereocenters. The molecule has 8 rings (SSSR count). The number of halogens is 1. The normalized spacial score (nSPS) is 18.9. The van der Waals surface area contributed by atoms with Crippen molar-refractivity contribution >= 4 is 58.8 Å². The van der Waals surface area contributed by atoms with E-state index in [0.717, 1.165) is 25.9 Å². The van der Waals surface area contributed by atoms with Gasteiger partial charge in [-0.2, -0.15) is 0 Å². The number of likely N-dealkylation sites (tertiary alicyclic amines) is 2. The molecule has 4 amide bonds. The Morgan fingerprint density at radius 1 is 1.08 bits per heavy atom. The molecule has 7 heterocycles. The van der Waals surface area contributed by atoms with Crippen molar-refractivity contribution in [3.05, 3.63) is 91.0 Å². The number of nitrogens with zero attached hydrogens (tertiary/aromatic N) is 5. The number of H-pyrrole nitrogens is 1. The zero-order valence-electron chi connectivity index (χ0n) is 43.0. The van der Waals surface area contributed by atoms with E-state index < -0.39 is 52.2 Å². The Kier molecular flexibility index (Phi) is 17.1. The number of rotatable bonds is 17. The van der Waals surface area contributed by atoms with Crippen molar-refractivity contribution in [2.24, 2.45) is 5.92 Å². The van der Waals surface area contributed by atoms with Crippen molar-refractivity contribution in [3.63, 3.8) is 0 Å². The molecule has 4 aliphatic rings. The van der Waals surface area contributed by atoms with Gasteiger partial charge in [-0.05, 0) is 107 Å². The number of amides is 4. The minimum absolute atomic E-state index is 0.0148. The number of carbonyl (C=O) groups is 5. The van der Waals surface area contributed by atoms with Crippen LogP contribution in [0.25, 0.3) is 28.4 Å². The molecular weight excluding hydrogens is 984 g/mol. The molecule has 2 saturated heterocycles. The standard InChI is InChI=1S/C54H65FN10O9S/c1-6-54(72)40-24-43-47-38(29-65(43)49(69)39(40)30-74-51(54)71)36(37-23-33(4)41(55)25-42(37)60-47)12-10-22-73-31-59-45(67)28-56-50(70)53(16-20-64(21-17-53)35-14-18-63(5)19-15-35)62-48(68)46(32(2)3)61-44(66)13-9-7-8-11-34-26-57-52(75)58-27-34/h10,12,23-27,32,35,46,72H,6-7,9,13-22,28-31H2,1-5H3,(H,56,70)(H,59,67)(H,61,66)(H,62,68)(H,57,58,75)/b12-10+/t46-,54-/m0/s1. The van der Waals surface area contributed by atoms with E-state index >= 15 is 0 Å². The minimum Gasteiger partial charge on any atom is -0.458 e. The number of nitrogens with one attached hydrogen (secondary N) is 5. The lowest BCUT2D eigenvalue weighted by molar-refractivity contribution is -0.172. The predicted octanol–water partition coefficient (Wildman–Crippen LogP) is 3.61. The number of aromatic nitrogens is 4. The summed E-state index contributed by atoms with van der Waals surface area (Å²) in [5.74, 6) is 2.59. The molecule has 398 valence electrons. The van der Waals surface area contributed by atoms with Gasteiger partial charge in [-0.1, -0.05) is 44.8 Å². The number of ether oxygens (including phenoxy) is 2. The molecule has 2 atom stereocenters. The second-order valence-electron chi connectivity index (χ2n) is 20.2. The summed E-state index contributed by atoms with van der Waals surface area (Å²) in [7, 11) is 2.10. The van der Waals surface area contributed by atoms with E-state index in [1.54, 1.807) is 50.5 Å². The molecule has 2 fully saturated rings. The molecule has 0 aliphatic carbocycles. The van der Waals surface area contributed by atoms with Gasteiger partial charge in [-0.25, -0.2) is 19.2 Å². The first kappa shape index (κ1) is 54.6. The highest BCUT2D eigenvalue weighted by molar-refractivity contribution is 7.71. The van der Waals surface area contributed by atoms with Crippen molar-refractivity contribution in [3.8, 4) is 23.2 Å². The van der Waals surface area contributed by atoms with Gasteiger partial charge in [0.25, 0.3) is 5.56 Å². The zero-order chi connectivity index (χ0) is 53.6. The SMILES string of the molecule is CC[C@@]1(O)C(=O)OCc2c1cc1n(c2=O)Cc2c-1nc1cc(F)c(C)cc1c2/C=C/COCNC(=O)CNC(=O)C1(NC(=O)[C@@H](NC(=O)CCCC#Cc2cnc(=S)[nH]c2)C(C)C)CCN(C2CCN(C)CC2)CC1. The monoisotopic (exact) mass is 1050 g/mol. The van der Waals surface area contributed by atoms with Crippen LogP contribution >= 0.6 is 12.2 Å². The Morgan fingerprint density at radius 2 is 1.84 bits per heavy atom. The zero-order valence-corrected chi connectivity index (χ0v) is 43.8. The van der Waals surface area contributed by atoms with Crippen molar-refractivity contribution in [1.29, 1.82) is 0 Å². The molecule has 6 N–H and O–H groups in total. The Labute approximate surface area is 439 Å². The third-order valence-electron chi connectivity index (χ3n) is 14.8. The number of fused-ring (bicyclic) bond motifs is 5.